The summed E-state index contributed by atoms with van der Waals surface area (Å²) in [6.45, 7) is -0.631. The average molecular weight is 222 g/mol. The first-order valence-corrected chi connectivity index (χ1v) is 3.87. The third kappa shape index (κ3) is 2.75. The number of rotatable bonds is 3. The van der Waals surface area contributed by atoms with Crippen LogP contribution in [0, 0.1) is 0 Å². The molecule has 0 heterocycles. The molecule has 1 rings (SSSR count). The molecule has 0 saturated heterocycles. The Morgan fingerprint density at radius 2 is 2.21 bits per heavy atom. The molecule has 3 nitrogen and oxygen atoms in total. The molecule has 80 valence electrons. The summed E-state index contributed by atoms with van der Waals surface area (Å²) in [5.41, 5.74) is 6.06. The summed E-state index contributed by atoms with van der Waals surface area (Å²) >= 11 is 0. The summed E-state index contributed by atoms with van der Waals surface area (Å²) in [4.78, 5) is 0. The van der Waals surface area contributed by atoms with Gasteiger partial charge in [-0.2, -0.15) is 0 Å². The number of hydrogen-bond donors (Lipinski definition) is 2. The number of nitrogens with two attached hydrogens (primary N) is 1. The van der Waals surface area contributed by atoms with Crippen molar-refractivity contribution in [2.24, 2.45) is 5.73 Å². The molecule has 0 bridgehead atoms. The maximum atomic E-state index is 12.2. The minimum absolute atomic E-state index is 0. The highest BCUT2D eigenvalue weighted by Gasteiger charge is 2.08. The number of aromatic hydroxyl groups is 1. The van der Waals surface area contributed by atoms with E-state index in [4.69, 9.17) is 10.5 Å². The van der Waals surface area contributed by atoms with Gasteiger partial charge < -0.3 is 15.6 Å². The van der Waals surface area contributed by atoms with Gasteiger partial charge in [0.15, 0.2) is 11.5 Å². The monoisotopic (exact) mass is 221 g/mol. The van der Waals surface area contributed by atoms with E-state index in [2.05, 4.69) is 0 Å². The summed E-state index contributed by atoms with van der Waals surface area (Å²) in [6, 6.07) is 3.88. The third-order valence-electron chi connectivity index (χ3n) is 1.80. The van der Waals surface area contributed by atoms with Crippen molar-refractivity contribution in [1.82, 2.24) is 0 Å². The lowest BCUT2D eigenvalue weighted by Gasteiger charge is -2.09. The molecule has 5 heteroatoms. The molecule has 1 aromatic carbocycles. The van der Waals surface area contributed by atoms with E-state index in [1.807, 2.05) is 0 Å². The summed E-state index contributed by atoms with van der Waals surface area (Å²) < 4.78 is 17.0. The molecule has 1 aromatic rings. The van der Waals surface area contributed by atoms with Crippen LogP contribution in [0.15, 0.2) is 18.2 Å². The van der Waals surface area contributed by atoms with E-state index < -0.39 is 12.7 Å². The first-order chi connectivity index (χ1) is 6.19. The Hall–Kier alpha value is -1.00. The molecule has 3 N–H and O–H groups in total. The molecule has 0 spiro atoms. The van der Waals surface area contributed by atoms with Crippen molar-refractivity contribution < 1.29 is 14.2 Å². The number of benzene rings is 1. The zero-order valence-electron chi connectivity index (χ0n) is 7.74. The molecule has 0 saturated carbocycles. The van der Waals surface area contributed by atoms with E-state index in [1.54, 1.807) is 6.07 Å². The standard InChI is InChI=1S/C9H12FNO2.ClH/c1-13-9-4-6(7(11)5-10)2-3-8(9)12;/h2-4,7,12H,5,11H2,1H3;1H/t7-;/m0./s1. The van der Waals surface area contributed by atoms with Gasteiger partial charge in [0.05, 0.1) is 13.2 Å². The summed E-state index contributed by atoms with van der Waals surface area (Å²) in [5, 5.41) is 9.23. The molecule has 0 aromatic heterocycles. The van der Waals surface area contributed by atoms with E-state index >= 15 is 0 Å². The molecule has 0 amide bonds. The molecular weight excluding hydrogens is 209 g/mol. The van der Waals surface area contributed by atoms with Crippen LogP contribution in [0.1, 0.15) is 11.6 Å². The topological polar surface area (TPSA) is 55.5 Å². The minimum Gasteiger partial charge on any atom is -0.504 e. The fourth-order valence-corrected chi connectivity index (χ4v) is 1.01. The molecule has 0 aliphatic carbocycles. The molecule has 1 atom stereocenters. The van der Waals surface area contributed by atoms with Crippen LogP contribution in [0.3, 0.4) is 0 Å². The van der Waals surface area contributed by atoms with Gasteiger partial charge in [-0.3, -0.25) is 0 Å². The summed E-state index contributed by atoms with van der Waals surface area (Å²) in [7, 11) is 1.43. The zero-order chi connectivity index (χ0) is 9.84. The van der Waals surface area contributed by atoms with Crippen molar-refractivity contribution >= 4 is 12.4 Å². The second-order valence-corrected chi connectivity index (χ2v) is 2.69. The normalized spacial score (nSPS) is 11.6. The molecular formula is C9H13ClFNO2. The predicted octanol–water partition coefficient (Wildman–Crippen LogP) is 1.79. The number of halogens is 2. The maximum absolute atomic E-state index is 12.2. The van der Waals surface area contributed by atoms with Crippen molar-refractivity contribution in [2.75, 3.05) is 13.8 Å². The lowest BCUT2D eigenvalue weighted by atomic mass is 10.1. The van der Waals surface area contributed by atoms with Crippen LogP contribution in [0.4, 0.5) is 4.39 Å². The van der Waals surface area contributed by atoms with Crippen LogP contribution in [-0.2, 0) is 0 Å². The SMILES string of the molecule is COc1cc([C@@H](N)CF)ccc1O.Cl. The third-order valence-corrected chi connectivity index (χ3v) is 1.80. The lowest BCUT2D eigenvalue weighted by molar-refractivity contribution is 0.371. The van der Waals surface area contributed by atoms with Gasteiger partial charge >= 0.3 is 0 Å². The fraction of sp³-hybridized carbons (Fsp3) is 0.333. The molecule has 14 heavy (non-hydrogen) atoms. The van der Waals surface area contributed by atoms with E-state index in [1.165, 1.54) is 19.2 Å². The van der Waals surface area contributed by atoms with Crippen LogP contribution < -0.4 is 10.5 Å². The highest BCUT2D eigenvalue weighted by Crippen LogP contribution is 2.28. The molecule has 0 radical (unpaired) electrons. The Labute approximate surface area is 88.1 Å². The van der Waals surface area contributed by atoms with Crippen LogP contribution >= 0.6 is 12.4 Å². The second kappa shape index (κ2) is 5.67. The maximum Gasteiger partial charge on any atom is 0.160 e. The molecule has 0 aliphatic heterocycles. The fourth-order valence-electron chi connectivity index (χ4n) is 1.01. The van der Waals surface area contributed by atoms with Gasteiger partial charge in [-0.1, -0.05) is 6.07 Å². The zero-order valence-corrected chi connectivity index (χ0v) is 8.55. The van der Waals surface area contributed by atoms with Gasteiger partial charge in [0, 0.05) is 0 Å². The Morgan fingerprint density at radius 1 is 1.57 bits per heavy atom. The van der Waals surface area contributed by atoms with Crippen molar-refractivity contribution in [3.63, 3.8) is 0 Å². The van der Waals surface area contributed by atoms with Gasteiger partial charge in [0.2, 0.25) is 0 Å². The van der Waals surface area contributed by atoms with Gasteiger partial charge in [-0.15, -0.1) is 12.4 Å². The highest BCUT2D eigenvalue weighted by atomic mass is 35.5. The molecule has 0 unspecified atom stereocenters. The smallest absolute Gasteiger partial charge is 0.160 e. The van der Waals surface area contributed by atoms with Crippen LogP contribution in [-0.4, -0.2) is 18.9 Å². The summed E-state index contributed by atoms with van der Waals surface area (Å²) in [6.07, 6.45) is 0. The predicted molar refractivity (Wildman–Crippen MR) is 54.8 cm³/mol. The number of phenols is 1. The van der Waals surface area contributed by atoms with Crippen molar-refractivity contribution in [3.8, 4) is 11.5 Å². The number of phenolic OH excluding ortho intramolecular Hbond substituents is 1. The van der Waals surface area contributed by atoms with Gasteiger partial charge in [-0.05, 0) is 17.7 Å². The largest absolute Gasteiger partial charge is 0.504 e. The first kappa shape index (κ1) is 13.0. The number of hydrogen-bond acceptors (Lipinski definition) is 3. The number of alkyl halides is 1. The average Bonchev–Trinajstić information content (AvgIpc) is 2.17. The van der Waals surface area contributed by atoms with Gasteiger partial charge in [-0.25, -0.2) is 4.39 Å². The minimum atomic E-state index is -0.658. The van der Waals surface area contributed by atoms with Crippen LogP contribution in [0.25, 0.3) is 0 Å². The van der Waals surface area contributed by atoms with Gasteiger partial charge in [0.1, 0.15) is 6.67 Å². The van der Waals surface area contributed by atoms with Crippen LogP contribution in [0.2, 0.25) is 0 Å². The Morgan fingerprint density at radius 3 is 2.71 bits per heavy atom. The Kier molecular flexibility index (Phi) is 5.27. The first-order valence-electron chi connectivity index (χ1n) is 3.87. The quantitative estimate of drug-likeness (QED) is 0.818. The Bertz CT molecular complexity index is 296. The Balaban J connectivity index is 0.00000169. The van der Waals surface area contributed by atoms with Crippen LogP contribution in [0.5, 0.6) is 11.5 Å². The molecule has 0 aliphatic rings. The van der Waals surface area contributed by atoms with Crippen molar-refractivity contribution in [2.45, 2.75) is 6.04 Å². The molecule has 0 fully saturated rings. The second-order valence-electron chi connectivity index (χ2n) is 2.69. The number of ether oxygens (including phenoxy) is 1. The van der Waals surface area contributed by atoms with Gasteiger partial charge in [0.25, 0.3) is 0 Å². The lowest BCUT2D eigenvalue weighted by Crippen LogP contribution is -2.11. The van der Waals surface area contributed by atoms with E-state index in [-0.39, 0.29) is 18.2 Å². The number of methoxy groups -OCH3 is 1. The van der Waals surface area contributed by atoms with E-state index in [0.29, 0.717) is 11.3 Å². The summed E-state index contributed by atoms with van der Waals surface area (Å²) in [5.74, 6) is 0.332. The van der Waals surface area contributed by atoms with Crippen molar-refractivity contribution in [1.29, 1.82) is 0 Å². The van der Waals surface area contributed by atoms with Crippen molar-refractivity contribution in [3.05, 3.63) is 23.8 Å². The van der Waals surface area contributed by atoms with E-state index in [0.717, 1.165) is 0 Å². The highest BCUT2D eigenvalue weighted by molar-refractivity contribution is 5.85. The van der Waals surface area contributed by atoms with E-state index in [9.17, 15) is 9.50 Å².